The fraction of sp³-hybridized carbons (Fsp3) is 0.435. The molecule has 7 nitrogen and oxygen atoms in total. The third kappa shape index (κ3) is 7.10. The number of methoxy groups -OCH3 is 1. The lowest BCUT2D eigenvalue weighted by Crippen LogP contribution is -2.31. The van der Waals surface area contributed by atoms with E-state index in [1.54, 1.807) is 12.1 Å². The van der Waals surface area contributed by atoms with Crippen LogP contribution < -0.4 is 9.08 Å². The van der Waals surface area contributed by atoms with E-state index >= 15 is 0 Å². The van der Waals surface area contributed by atoms with Crippen LogP contribution in [-0.2, 0) is 32.4 Å². The quantitative estimate of drug-likeness (QED) is 0.426. The molecule has 2 aromatic rings. The molecular weight excluding hydrogens is 473 g/mol. The SMILES string of the molecule is CCN(CC)c1ccc(CN(CCOC)C(C)=O)c(OS(=O)(=O)c2cccc(C(F)(F)F)c2)c1. The van der Waals surface area contributed by atoms with E-state index in [0.29, 0.717) is 30.4 Å². The van der Waals surface area contributed by atoms with Crippen LogP contribution in [0.5, 0.6) is 5.75 Å². The van der Waals surface area contributed by atoms with E-state index in [1.165, 1.54) is 25.0 Å². The monoisotopic (exact) mass is 502 g/mol. The summed E-state index contributed by atoms with van der Waals surface area (Å²) in [6, 6.07) is 8.30. The number of benzene rings is 2. The number of amides is 1. The van der Waals surface area contributed by atoms with Gasteiger partial charge in [0.1, 0.15) is 10.6 Å². The van der Waals surface area contributed by atoms with Crippen LogP contribution >= 0.6 is 0 Å². The summed E-state index contributed by atoms with van der Waals surface area (Å²) in [4.78, 5) is 14.9. The average Bonchev–Trinajstić information content (AvgIpc) is 2.77. The minimum atomic E-state index is -4.71. The summed E-state index contributed by atoms with van der Waals surface area (Å²) in [5.74, 6) is -0.318. The Morgan fingerprint density at radius 3 is 2.29 bits per heavy atom. The molecule has 1 amide bonds. The third-order valence-electron chi connectivity index (χ3n) is 5.20. The van der Waals surface area contributed by atoms with E-state index in [9.17, 15) is 26.4 Å². The molecule has 0 aliphatic rings. The van der Waals surface area contributed by atoms with Crippen molar-refractivity contribution < 1.29 is 35.3 Å². The van der Waals surface area contributed by atoms with Gasteiger partial charge in [-0.1, -0.05) is 12.1 Å². The molecule has 0 aromatic heterocycles. The molecule has 188 valence electrons. The highest BCUT2D eigenvalue weighted by Gasteiger charge is 2.32. The molecule has 0 aliphatic heterocycles. The van der Waals surface area contributed by atoms with E-state index in [4.69, 9.17) is 8.92 Å². The van der Waals surface area contributed by atoms with Crippen LogP contribution in [0.15, 0.2) is 47.4 Å². The van der Waals surface area contributed by atoms with Gasteiger partial charge in [0.25, 0.3) is 0 Å². The molecule has 0 fully saturated rings. The summed E-state index contributed by atoms with van der Waals surface area (Å²) in [7, 11) is -3.10. The van der Waals surface area contributed by atoms with E-state index in [-0.39, 0.29) is 31.4 Å². The van der Waals surface area contributed by atoms with Crippen molar-refractivity contribution in [3.63, 3.8) is 0 Å². The molecule has 11 heteroatoms. The lowest BCUT2D eigenvalue weighted by atomic mass is 10.1. The Kier molecular flexibility index (Phi) is 9.34. The van der Waals surface area contributed by atoms with Crippen molar-refractivity contribution >= 4 is 21.7 Å². The first-order valence-electron chi connectivity index (χ1n) is 10.7. The lowest BCUT2D eigenvalue weighted by Gasteiger charge is -2.25. The van der Waals surface area contributed by atoms with Crippen molar-refractivity contribution in [3.8, 4) is 5.75 Å². The highest BCUT2D eigenvalue weighted by atomic mass is 32.2. The van der Waals surface area contributed by atoms with Crippen LogP contribution in [0.1, 0.15) is 31.9 Å². The number of carbonyl (C=O) groups is 1. The Balaban J connectivity index is 2.51. The summed E-state index contributed by atoms with van der Waals surface area (Å²) < 4.78 is 75.6. The van der Waals surface area contributed by atoms with Gasteiger partial charge < -0.3 is 18.7 Å². The number of rotatable bonds is 11. The smallest absolute Gasteiger partial charge is 0.383 e. The molecule has 0 N–H and O–H groups in total. The van der Waals surface area contributed by atoms with Crippen LogP contribution in [0.25, 0.3) is 0 Å². The Morgan fingerprint density at radius 2 is 1.74 bits per heavy atom. The summed E-state index contributed by atoms with van der Waals surface area (Å²) in [5.41, 5.74) is -0.0383. The molecule has 0 spiro atoms. The molecule has 0 aliphatic carbocycles. The van der Waals surface area contributed by atoms with Gasteiger partial charge in [0.15, 0.2) is 0 Å². The molecule has 0 bridgehead atoms. The second kappa shape index (κ2) is 11.6. The molecule has 0 radical (unpaired) electrons. The standard InChI is InChI=1S/C23H29F3N2O5S/c1-5-27(6-2)20-11-10-18(16-28(17(3)29)12-13-32-4)22(15-20)33-34(30,31)21-9-7-8-19(14-21)23(24,25)26/h7-11,14-15H,5-6,12-13,16H2,1-4H3. The zero-order valence-corrected chi connectivity index (χ0v) is 20.4. The number of nitrogens with zero attached hydrogens (tertiary/aromatic N) is 2. The van der Waals surface area contributed by atoms with Gasteiger partial charge in [-0.15, -0.1) is 0 Å². The van der Waals surface area contributed by atoms with Crippen molar-refractivity contribution in [2.24, 2.45) is 0 Å². The van der Waals surface area contributed by atoms with E-state index in [2.05, 4.69) is 0 Å². The normalized spacial score (nSPS) is 11.9. The van der Waals surface area contributed by atoms with Crippen molar-refractivity contribution in [2.45, 2.75) is 38.4 Å². The number of anilines is 1. The fourth-order valence-electron chi connectivity index (χ4n) is 3.29. The van der Waals surface area contributed by atoms with Crippen LogP contribution in [0, 0.1) is 0 Å². The summed E-state index contributed by atoms with van der Waals surface area (Å²) in [5, 5.41) is 0. The second-order valence-electron chi connectivity index (χ2n) is 7.46. The number of hydrogen-bond donors (Lipinski definition) is 0. The lowest BCUT2D eigenvalue weighted by molar-refractivity contribution is -0.137. The predicted octanol–water partition coefficient (Wildman–Crippen LogP) is 4.31. The first kappa shape index (κ1) is 27.5. The third-order valence-corrected chi connectivity index (χ3v) is 6.43. The highest BCUT2D eigenvalue weighted by molar-refractivity contribution is 7.87. The molecule has 0 heterocycles. The molecule has 0 saturated carbocycles. The zero-order valence-electron chi connectivity index (χ0n) is 19.6. The first-order valence-corrected chi connectivity index (χ1v) is 12.1. The molecule has 0 unspecified atom stereocenters. The number of halogens is 3. The molecular formula is C23H29F3N2O5S. The van der Waals surface area contributed by atoms with Gasteiger partial charge in [-0.25, -0.2) is 0 Å². The van der Waals surface area contributed by atoms with Crippen LogP contribution in [-0.4, -0.2) is 52.6 Å². The number of carbonyl (C=O) groups excluding carboxylic acids is 1. The fourth-order valence-corrected chi connectivity index (χ4v) is 4.29. The Morgan fingerprint density at radius 1 is 1.06 bits per heavy atom. The first-order chi connectivity index (χ1) is 15.9. The predicted molar refractivity (Wildman–Crippen MR) is 122 cm³/mol. The maximum atomic E-state index is 13.1. The second-order valence-corrected chi connectivity index (χ2v) is 9.01. The van der Waals surface area contributed by atoms with E-state index < -0.39 is 26.8 Å². The van der Waals surface area contributed by atoms with E-state index in [1.807, 2.05) is 18.7 Å². The van der Waals surface area contributed by atoms with Gasteiger partial charge in [-0.3, -0.25) is 4.79 Å². The van der Waals surface area contributed by atoms with Gasteiger partial charge in [0.05, 0.1) is 12.2 Å². The number of hydrogen-bond acceptors (Lipinski definition) is 6. The van der Waals surface area contributed by atoms with Crippen molar-refractivity contribution in [1.82, 2.24) is 4.90 Å². The highest BCUT2D eigenvalue weighted by Crippen LogP contribution is 2.33. The Labute approximate surface area is 198 Å². The van der Waals surface area contributed by atoms with Gasteiger partial charge in [0, 0.05) is 57.5 Å². The molecule has 34 heavy (non-hydrogen) atoms. The summed E-state index contributed by atoms with van der Waals surface area (Å²) in [6.07, 6.45) is -4.71. The summed E-state index contributed by atoms with van der Waals surface area (Å²) in [6.45, 7) is 7.09. The molecule has 2 aromatic carbocycles. The largest absolute Gasteiger partial charge is 0.416 e. The maximum Gasteiger partial charge on any atom is 0.416 e. The van der Waals surface area contributed by atoms with Crippen LogP contribution in [0.3, 0.4) is 0 Å². The molecule has 0 saturated heterocycles. The minimum Gasteiger partial charge on any atom is -0.383 e. The van der Waals surface area contributed by atoms with Crippen molar-refractivity contribution in [3.05, 3.63) is 53.6 Å². The van der Waals surface area contributed by atoms with Gasteiger partial charge in [-0.2, -0.15) is 21.6 Å². The van der Waals surface area contributed by atoms with Gasteiger partial charge in [-0.05, 0) is 38.1 Å². The van der Waals surface area contributed by atoms with Gasteiger partial charge >= 0.3 is 16.3 Å². The molecule has 0 atom stereocenters. The zero-order chi connectivity index (χ0) is 25.5. The Bertz CT molecular complexity index is 1090. The number of alkyl halides is 3. The maximum absolute atomic E-state index is 13.1. The average molecular weight is 503 g/mol. The Hall–Kier alpha value is -2.79. The van der Waals surface area contributed by atoms with Crippen LogP contribution in [0.4, 0.5) is 18.9 Å². The van der Waals surface area contributed by atoms with Gasteiger partial charge in [0.2, 0.25) is 5.91 Å². The topological polar surface area (TPSA) is 76.2 Å². The van der Waals surface area contributed by atoms with E-state index in [0.717, 1.165) is 18.2 Å². The number of ether oxygens (including phenoxy) is 1. The minimum absolute atomic E-state index is 0.0324. The van der Waals surface area contributed by atoms with Crippen molar-refractivity contribution in [1.29, 1.82) is 0 Å². The molecule has 2 rings (SSSR count). The van der Waals surface area contributed by atoms with Crippen LogP contribution in [0.2, 0.25) is 0 Å². The summed E-state index contributed by atoms with van der Waals surface area (Å²) >= 11 is 0. The van der Waals surface area contributed by atoms with Crippen molar-refractivity contribution in [2.75, 3.05) is 38.3 Å².